The molecule has 0 unspecified atom stereocenters. The van der Waals surface area contributed by atoms with Gasteiger partial charge >= 0.3 is 5.97 Å². The number of amides is 2. The highest BCUT2D eigenvalue weighted by molar-refractivity contribution is 6.00. The number of likely N-dealkylation sites (tertiary alicyclic amines) is 1. The Morgan fingerprint density at radius 3 is 2.50 bits per heavy atom. The topological polar surface area (TPSA) is 66.9 Å². The average molecular weight is 358 g/mol. The molecule has 2 saturated heterocycles. The van der Waals surface area contributed by atoms with Gasteiger partial charge in [0, 0.05) is 31.7 Å². The molecule has 2 amide bonds. The summed E-state index contributed by atoms with van der Waals surface area (Å²) in [5.41, 5.74) is 1.91. The molecule has 26 heavy (non-hydrogen) atoms. The van der Waals surface area contributed by atoms with Crippen molar-refractivity contribution in [3.05, 3.63) is 29.8 Å². The minimum absolute atomic E-state index is 0.000871. The molecule has 140 valence electrons. The Morgan fingerprint density at radius 1 is 1.15 bits per heavy atom. The number of nitrogens with zero attached hydrogens (tertiary/aromatic N) is 2. The molecule has 0 aliphatic carbocycles. The van der Waals surface area contributed by atoms with E-state index in [1.54, 1.807) is 16.7 Å². The summed E-state index contributed by atoms with van der Waals surface area (Å²) in [5, 5.41) is 0. The molecule has 2 aliphatic rings. The Kier molecular flexibility index (Phi) is 5.59. The van der Waals surface area contributed by atoms with Crippen molar-refractivity contribution in [2.24, 2.45) is 11.8 Å². The highest BCUT2D eigenvalue weighted by atomic mass is 16.5. The van der Waals surface area contributed by atoms with E-state index in [1.807, 2.05) is 31.2 Å². The van der Waals surface area contributed by atoms with Crippen LogP contribution in [0.2, 0.25) is 0 Å². The first kappa shape index (κ1) is 18.4. The molecule has 0 N–H and O–H groups in total. The first-order chi connectivity index (χ1) is 12.5. The molecule has 1 aromatic rings. The van der Waals surface area contributed by atoms with Crippen LogP contribution in [0.1, 0.15) is 31.7 Å². The maximum absolute atomic E-state index is 12.8. The zero-order valence-electron chi connectivity index (χ0n) is 15.4. The first-order valence-electron chi connectivity index (χ1n) is 9.32. The molecule has 6 heteroatoms. The lowest BCUT2D eigenvalue weighted by atomic mass is 9.95. The molecular formula is C20H26N2O4. The van der Waals surface area contributed by atoms with Crippen LogP contribution in [-0.2, 0) is 19.1 Å². The number of rotatable bonds is 4. The van der Waals surface area contributed by atoms with Gasteiger partial charge in [-0.1, -0.05) is 18.2 Å². The van der Waals surface area contributed by atoms with Crippen molar-refractivity contribution in [3.8, 4) is 0 Å². The molecule has 3 rings (SSSR count). The zero-order valence-corrected chi connectivity index (χ0v) is 15.4. The monoisotopic (exact) mass is 358 g/mol. The second-order valence-electron chi connectivity index (χ2n) is 7.04. The summed E-state index contributed by atoms with van der Waals surface area (Å²) in [4.78, 5) is 40.6. The number of para-hydroxylation sites is 1. The van der Waals surface area contributed by atoms with Gasteiger partial charge in [0.25, 0.3) is 0 Å². The summed E-state index contributed by atoms with van der Waals surface area (Å²) in [7, 11) is 0. The van der Waals surface area contributed by atoms with E-state index in [0.717, 1.165) is 11.3 Å². The maximum atomic E-state index is 12.8. The molecule has 0 saturated carbocycles. The van der Waals surface area contributed by atoms with Crippen LogP contribution in [0.4, 0.5) is 5.69 Å². The van der Waals surface area contributed by atoms with E-state index >= 15 is 0 Å². The highest BCUT2D eigenvalue weighted by Crippen LogP contribution is 2.29. The van der Waals surface area contributed by atoms with Crippen LogP contribution in [0.15, 0.2) is 24.3 Å². The Morgan fingerprint density at radius 2 is 1.85 bits per heavy atom. The molecule has 2 heterocycles. The summed E-state index contributed by atoms with van der Waals surface area (Å²) in [5.74, 6) is -0.564. The van der Waals surface area contributed by atoms with E-state index in [-0.39, 0.29) is 36.0 Å². The van der Waals surface area contributed by atoms with Gasteiger partial charge in [-0.3, -0.25) is 14.4 Å². The van der Waals surface area contributed by atoms with Crippen LogP contribution in [0.25, 0.3) is 0 Å². The van der Waals surface area contributed by atoms with E-state index in [0.29, 0.717) is 39.1 Å². The normalized spacial score (nSPS) is 21.2. The van der Waals surface area contributed by atoms with Gasteiger partial charge in [0.15, 0.2) is 0 Å². The minimum Gasteiger partial charge on any atom is -0.466 e. The number of carbonyl (C=O) groups is 3. The molecule has 0 aromatic heterocycles. The van der Waals surface area contributed by atoms with E-state index in [9.17, 15) is 14.4 Å². The molecule has 6 nitrogen and oxygen atoms in total. The predicted octanol–water partition coefficient (Wildman–Crippen LogP) is 2.15. The van der Waals surface area contributed by atoms with E-state index < -0.39 is 0 Å². The lowest BCUT2D eigenvalue weighted by Gasteiger charge is -2.32. The standard InChI is InChI=1S/C20H26N2O4/c1-3-26-20(25)15-8-10-21(11-9-15)19(24)16-12-18(23)22(13-16)17-7-5-4-6-14(17)2/h4-7,15-16H,3,8-13H2,1-2H3/t16-/m0/s1. The fourth-order valence-corrected chi connectivity index (χ4v) is 3.83. The van der Waals surface area contributed by atoms with Gasteiger partial charge in [0.1, 0.15) is 0 Å². The summed E-state index contributed by atoms with van der Waals surface area (Å²) in [6, 6.07) is 7.74. The lowest BCUT2D eigenvalue weighted by molar-refractivity contribution is -0.151. The van der Waals surface area contributed by atoms with Crippen LogP contribution in [0.5, 0.6) is 0 Å². The van der Waals surface area contributed by atoms with Gasteiger partial charge in [-0.15, -0.1) is 0 Å². The zero-order chi connectivity index (χ0) is 18.7. The molecule has 0 spiro atoms. The second kappa shape index (κ2) is 7.89. The summed E-state index contributed by atoms with van der Waals surface area (Å²) >= 11 is 0. The minimum atomic E-state index is -0.304. The van der Waals surface area contributed by atoms with Crippen molar-refractivity contribution in [2.75, 3.05) is 31.1 Å². The Labute approximate surface area is 154 Å². The van der Waals surface area contributed by atoms with Crippen LogP contribution in [-0.4, -0.2) is 48.9 Å². The number of ether oxygens (including phenoxy) is 1. The third-order valence-electron chi connectivity index (χ3n) is 5.31. The number of hydrogen-bond donors (Lipinski definition) is 0. The number of benzene rings is 1. The summed E-state index contributed by atoms with van der Waals surface area (Å²) in [6.07, 6.45) is 1.52. The van der Waals surface area contributed by atoms with Crippen LogP contribution in [0, 0.1) is 18.8 Å². The quantitative estimate of drug-likeness (QED) is 0.774. The molecular weight excluding hydrogens is 332 g/mol. The molecule has 2 aliphatic heterocycles. The van der Waals surface area contributed by atoms with Crippen molar-refractivity contribution in [1.29, 1.82) is 0 Å². The molecule has 1 atom stereocenters. The number of esters is 1. The Bertz CT molecular complexity index is 695. The third kappa shape index (κ3) is 3.74. The van der Waals surface area contributed by atoms with Crippen LogP contribution >= 0.6 is 0 Å². The molecule has 1 aromatic carbocycles. The maximum Gasteiger partial charge on any atom is 0.309 e. The van der Waals surface area contributed by atoms with Crippen LogP contribution in [0.3, 0.4) is 0 Å². The highest BCUT2D eigenvalue weighted by Gasteiger charge is 2.39. The van der Waals surface area contributed by atoms with Gasteiger partial charge in [0.05, 0.1) is 18.4 Å². The van der Waals surface area contributed by atoms with Gasteiger partial charge in [0.2, 0.25) is 11.8 Å². The van der Waals surface area contributed by atoms with Gasteiger partial charge in [-0.25, -0.2) is 0 Å². The smallest absolute Gasteiger partial charge is 0.309 e. The summed E-state index contributed by atoms with van der Waals surface area (Å²) in [6.45, 7) is 5.69. The van der Waals surface area contributed by atoms with Crippen molar-refractivity contribution in [2.45, 2.75) is 33.1 Å². The molecule has 0 radical (unpaired) electrons. The van der Waals surface area contributed by atoms with Crippen molar-refractivity contribution in [1.82, 2.24) is 4.90 Å². The predicted molar refractivity (Wildman–Crippen MR) is 97.6 cm³/mol. The fraction of sp³-hybridized carbons (Fsp3) is 0.550. The van der Waals surface area contributed by atoms with Gasteiger partial charge in [-0.2, -0.15) is 0 Å². The number of piperidine rings is 1. The average Bonchev–Trinajstić information content (AvgIpc) is 3.03. The van der Waals surface area contributed by atoms with E-state index in [4.69, 9.17) is 4.74 Å². The Balaban J connectivity index is 1.59. The largest absolute Gasteiger partial charge is 0.466 e. The van der Waals surface area contributed by atoms with Crippen LogP contribution < -0.4 is 4.90 Å². The second-order valence-corrected chi connectivity index (χ2v) is 7.04. The molecule has 2 fully saturated rings. The molecule has 0 bridgehead atoms. The third-order valence-corrected chi connectivity index (χ3v) is 5.31. The van der Waals surface area contributed by atoms with Gasteiger partial charge < -0.3 is 14.5 Å². The number of carbonyl (C=O) groups excluding carboxylic acids is 3. The number of aryl methyl sites for hydroxylation is 1. The first-order valence-corrected chi connectivity index (χ1v) is 9.32. The van der Waals surface area contributed by atoms with E-state index in [2.05, 4.69) is 0 Å². The van der Waals surface area contributed by atoms with Crippen molar-refractivity contribution < 1.29 is 19.1 Å². The van der Waals surface area contributed by atoms with Gasteiger partial charge in [-0.05, 0) is 38.3 Å². The lowest BCUT2D eigenvalue weighted by Crippen LogP contribution is -2.44. The Hall–Kier alpha value is -2.37. The summed E-state index contributed by atoms with van der Waals surface area (Å²) < 4.78 is 5.07. The van der Waals surface area contributed by atoms with Crippen molar-refractivity contribution >= 4 is 23.5 Å². The number of hydrogen-bond acceptors (Lipinski definition) is 4. The SMILES string of the molecule is CCOC(=O)C1CCN(C(=O)[C@H]2CC(=O)N(c3ccccc3C)C2)CC1. The van der Waals surface area contributed by atoms with E-state index in [1.165, 1.54) is 0 Å². The fourth-order valence-electron chi connectivity index (χ4n) is 3.83. The van der Waals surface area contributed by atoms with Crippen molar-refractivity contribution in [3.63, 3.8) is 0 Å². The number of anilines is 1.